The highest BCUT2D eigenvalue weighted by Crippen LogP contribution is 2.33. The first-order chi connectivity index (χ1) is 8.78. The lowest BCUT2D eigenvalue weighted by Crippen LogP contribution is -2.32. The quantitative estimate of drug-likeness (QED) is 0.855. The third-order valence-corrected chi connectivity index (χ3v) is 4.50. The number of nitriles is 1. The van der Waals surface area contributed by atoms with Gasteiger partial charge in [0, 0.05) is 19.1 Å². The fourth-order valence-electron chi connectivity index (χ4n) is 3.44. The molecule has 18 heavy (non-hydrogen) atoms. The van der Waals surface area contributed by atoms with Gasteiger partial charge in [-0.1, -0.05) is 12.1 Å². The van der Waals surface area contributed by atoms with Crippen molar-refractivity contribution in [2.45, 2.75) is 19.5 Å². The van der Waals surface area contributed by atoms with Crippen molar-refractivity contribution in [2.75, 3.05) is 19.6 Å². The molecule has 1 aromatic rings. The number of benzene rings is 1. The number of nitrogens with zero attached hydrogens (tertiary/aromatic N) is 2. The third-order valence-electron chi connectivity index (χ3n) is 4.50. The molecule has 2 aliphatic rings. The van der Waals surface area contributed by atoms with E-state index in [0.717, 1.165) is 23.9 Å². The average molecular weight is 241 g/mol. The van der Waals surface area contributed by atoms with Gasteiger partial charge in [0.2, 0.25) is 0 Å². The second-order valence-corrected chi connectivity index (χ2v) is 5.56. The minimum Gasteiger partial charge on any atom is -0.316 e. The van der Waals surface area contributed by atoms with Gasteiger partial charge in [0.25, 0.3) is 0 Å². The van der Waals surface area contributed by atoms with Crippen LogP contribution in [-0.4, -0.2) is 30.6 Å². The van der Waals surface area contributed by atoms with E-state index in [0.29, 0.717) is 6.04 Å². The Morgan fingerprint density at radius 2 is 2.33 bits per heavy atom. The van der Waals surface area contributed by atoms with Gasteiger partial charge in [-0.05, 0) is 49.5 Å². The van der Waals surface area contributed by atoms with Gasteiger partial charge in [-0.3, -0.25) is 4.90 Å². The van der Waals surface area contributed by atoms with Gasteiger partial charge in [0.1, 0.15) is 0 Å². The van der Waals surface area contributed by atoms with Crippen LogP contribution in [0.3, 0.4) is 0 Å². The SMILES string of the molecule is CC1C2CNCC2CN1Cc1cccc(C#N)c1. The van der Waals surface area contributed by atoms with Crippen molar-refractivity contribution in [2.24, 2.45) is 11.8 Å². The second kappa shape index (κ2) is 4.72. The van der Waals surface area contributed by atoms with Crippen molar-refractivity contribution in [3.63, 3.8) is 0 Å². The smallest absolute Gasteiger partial charge is 0.0991 e. The average Bonchev–Trinajstić information content (AvgIpc) is 2.95. The monoisotopic (exact) mass is 241 g/mol. The summed E-state index contributed by atoms with van der Waals surface area (Å²) in [6.45, 7) is 6.84. The number of likely N-dealkylation sites (tertiary alicyclic amines) is 1. The van der Waals surface area contributed by atoms with Crippen LogP contribution in [0.5, 0.6) is 0 Å². The summed E-state index contributed by atoms with van der Waals surface area (Å²) in [4.78, 5) is 2.56. The lowest BCUT2D eigenvalue weighted by Gasteiger charge is -2.24. The maximum absolute atomic E-state index is 8.93. The predicted octanol–water partition coefficient (Wildman–Crippen LogP) is 1.60. The molecule has 3 rings (SSSR count). The molecule has 1 aromatic carbocycles. The summed E-state index contributed by atoms with van der Waals surface area (Å²) in [5, 5.41) is 12.4. The van der Waals surface area contributed by atoms with Gasteiger partial charge in [-0.15, -0.1) is 0 Å². The summed E-state index contributed by atoms with van der Waals surface area (Å²) in [5.41, 5.74) is 2.02. The molecule has 2 saturated heterocycles. The van der Waals surface area contributed by atoms with Gasteiger partial charge in [0.05, 0.1) is 11.6 Å². The van der Waals surface area contributed by atoms with Crippen molar-refractivity contribution in [3.8, 4) is 6.07 Å². The molecule has 2 heterocycles. The van der Waals surface area contributed by atoms with Gasteiger partial charge >= 0.3 is 0 Å². The molecule has 0 aliphatic carbocycles. The summed E-state index contributed by atoms with van der Waals surface area (Å²) < 4.78 is 0. The van der Waals surface area contributed by atoms with E-state index < -0.39 is 0 Å². The number of fused-ring (bicyclic) bond motifs is 1. The molecule has 2 aliphatic heterocycles. The van der Waals surface area contributed by atoms with Gasteiger partial charge in [-0.25, -0.2) is 0 Å². The standard InChI is InChI=1S/C15H19N3/c1-11-15-8-17-7-14(15)10-18(11)9-13-4-2-3-12(5-13)6-16/h2-5,11,14-15,17H,7-10H2,1H3. The van der Waals surface area contributed by atoms with Crippen LogP contribution in [0.2, 0.25) is 0 Å². The molecule has 1 N–H and O–H groups in total. The lowest BCUT2D eigenvalue weighted by molar-refractivity contribution is 0.231. The van der Waals surface area contributed by atoms with E-state index in [1.807, 2.05) is 18.2 Å². The molecule has 3 unspecified atom stereocenters. The van der Waals surface area contributed by atoms with E-state index in [-0.39, 0.29) is 0 Å². The van der Waals surface area contributed by atoms with Crippen LogP contribution < -0.4 is 5.32 Å². The summed E-state index contributed by atoms with van der Waals surface area (Å²) in [6, 6.07) is 10.9. The first-order valence-corrected chi connectivity index (χ1v) is 6.72. The van der Waals surface area contributed by atoms with Crippen LogP contribution in [0, 0.1) is 23.2 Å². The number of nitrogens with one attached hydrogen (secondary N) is 1. The van der Waals surface area contributed by atoms with E-state index >= 15 is 0 Å². The van der Waals surface area contributed by atoms with E-state index in [2.05, 4.69) is 29.3 Å². The molecule has 94 valence electrons. The molecule has 0 bridgehead atoms. The van der Waals surface area contributed by atoms with Crippen LogP contribution in [-0.2, 0) is 6.54 Å². The van der Waals surface area contributed by atoms with Crippen LogP contribution in [0.15, 0.2) is 24.3 Å². The highest BCUT2D eigenvalue weighted by molar-refractivity contribution is 5.32. The van der Waals surface area contributed by atoms with Crippen molar-refractivity contribution in [1.82, 2.24) is 10.2 Å². The van der Waals surface area contributed by atoms with E-state index in [9.17, 15) is 0 Å². The van der Waals surface area contributed by atoms with Crippen LogP contribution in [0.1, 0.15) is 18.1 Å². The molecule has 0 spiro atoms. The van der Waals surface area contributed by atoms with Crippen LogP contribution in [0.25, 0.3) is 0 Å². The zero-order chi connectivity index (χ0) is 12.5. The minimum atomic E-state index is 0.649. The largest absolute Gasteiger partial charge is 0.316 e. The molecular weight excluding hydrogens is 222 g/mol. The number of rotatable bonds is 2. The first kappa shape index (κ1) is 11.7. The Hall–Kier alpha value is -1.37. The van der Waals surface area contributed by atoms with Gasteiger partial charge in [0.15, 0.2) is 0 Å². The molecular formula is C15H19N3. The van der Waals surface area contributed by atoms with Gasteiger partial charge < -0.3 is 5.32 Å². The maximum Gasteiger partial charge on any atom is 0.0991 e. The molecule has 3 heteroatoms. The number of hydrogen-bond acceptors (Lipinski definition) is 3. The van der Waals surface area contributed by atoms with Crippen LogP contribution in [0.4, 0.5) is 0 Å². The molecule has 3 atom stereocenters. The molecule has 0 aromatic heterocycles. The molecule has 0 radical (unpaired) electrons. The topological polar surface area (TPSA) is 39.1 Å². The Balaban J connectivity index is 1.72. The Morgan fingerprint density at radius 1 is 1.44 bits per heavy atom. The van der Waals surface area contributed by atoms with Crippen molar-refractivity contribution < 1.29 is 0 Å². The second-order valence-electron chi connectivity index (χ2n) is 5.56. The van der Waals surface area contributed by atoms with E-state index in [1.165, 1.54) is 25.2 Å². The van der Waals surface area contributed by atoms with Gasteiger partial charge in [-0.2, -0.15) is 5.26 Å². The summed E-state index contributed by atoms with van der Waals surface area (Å²) >= 11 is 0. The maximum atomic E-state index is 8.93. The zero-order valence-corrected chi connectivity index (χ0v) is 10.8. The van der Waals surface area contributed by atoms with Crippen molar-refractivity contribution in [3.05, 3.63) is 35.4 Å². The Morgan fingerprint density at radius 3 is 3.11 bits per heavy atom. The molecule has 2 fully saturated rings. The van der Waals surface area contributed by atoms with Crippen molar-refractivity contribution >= 4 is 0 Å². The first-order valence-electron chi connectivity index (χ1n) is 6.72. The third kappa shape index (κ3) is 2.03. The highest BCUT2D eigenvalue weighted by Gasteiger charge is 2.41. The minimum absolute atomic E-state index is 0.649. The van der Waals surface area contributed by atoms with E-state index in [4.69, 9.17) is 5.26 Å². The van der Waals surface area contributed by atoms with Crippen LogP contribution >= 0.6 is 0 Å². The molecule has 0 saturated carbocycles. The van der Waals surface area contributed by atoms with Crippen molar-refractivity contribution in [1.29, 1.82) is 5.26 Å². The number of hydrogen-bond donors (Lipinski definition) is 1. The summed E-state index contributed by atoms with van der Waals surface area (Å²) in [7, 11) is 0. The Labute approximate surface area is 108 Å². The van der Waals surface area contributed by atoms with E-state index in [1.54, 1.807) is 0 Å². The predicted molar refractivity (Wildman–Crippen MR) is 70.9 cm³/mol. The summed E-state index contributed by atoms with van der Waals surface area (Å²) in [6.07, 6.45) is 0. The fraction of sp³-hybridized carbons (Fsp3) is 0.533. The molecule has 3 nitrogen and oxygen atoms in total. The highest BCUT2D eigenvalue weighted by atomic mass is 15.2. The lowest BCUT2D eigenvalue weighted by atomic mass is 9.95. The Bertz CT molecular complexity index is 477. The normalized spacial score (nSPS) is 31.2. The molecule has 0 amide bonds. The Kier molecular flexibility index (Phi) is 3.07. The fourth-order valence-corrected chi connectivity index (χ4v) is 3.44. The zero-order valence-electron chi connectivity index (χ0n) is 10.8. The summed E-state index contributed by atoms with van der Waals surface area (Å²) in [5.74, 6) is 1.63.